The Morgan fingerprint density at radius 3 is 2.64 bits per heavy atom. The lowest BCUT2D eigenvalue weighted by Gasteiger charge is -2.43. The number of carbonyl (C=O) groups is 2. The van der Waals surface area contributed by atoms with Crippen molar-refractivity contribution in [1.82, 2.24) is 10.6 Å². The van der Waals surface area contributed by atoms with Gasteiger partial charge in [0.15, 0.2) is 0 Å². The van der Waals surface area contributed by atoms with Crippen LogP contribution in [0.3, 0.4) is 0 Å². The molecule has 0 spiro atoms. The van der Waals surface area contributed by atoms with Crippen molar-refractivity contribution in [1.29, 1.82) is 0 Å². The number of benzene rings is 1. The number of nitrogens with one attached hydrogen (secondary N) is 3. The Kier molecular flexibility index (Phi) is 4.53. The molecule has 0 aromatic heterocycles. The van der Waals surface area contributed by atoms with Crippen molar-refractivity contribution < 1.29 is 9.59 Å². The van der Waals surface area contributed by atoms with Gasteiger partial charge in [0.05, 0.1) is 6.17 Å². The Morgan fingerprint density at radius 2 is 1.95 bits per heavy atom. The van der Waals surface area contributed by atoms with E-state index in [1.165, 1.54) is 31.8 Å². The number of amides is 2. The third kappa shape index (κ3) is 3.36. The molecule has 2 saturated heterocycles. The van der Waals surface area contributed by atoms with Crippen LogP contribution in [0.1, 0.15) is 31.2 Å². The maximum absolute atomic E-state index is 12.1. The normalized spacial score (nSPS) is 26.8. The molecule has 0 radical (unpaired) electrons. The molecule has 22 heavy (non-hydrogen) atoms. The fourth-order valence-corrected chi connectivity index (χ4v) is 3.37. The minimum absolute atomic E-state index is 0.0907. The van der Waals surface area contributed by atoms with Gasteiger partial charge in [-0.25, -0.2) is 0 Å². The summed E-state index contributed by atoms with van der Waals surface area (Å²) in [6, 6.07) is 7.92. The second-order valence-electron chi connectivity index (χ2n) is 5.95. The molecule has 2 heterocycles. The van der Waals surface area contributed by atoms with E-state index in [1.807, 2.05) is 18.2 Å². The smallest absolute Gasteiger partial charge is 0.245 e. The topological polar surface area (TPSA) is 70.2 Å². The van der Waals surface area contributed by atoms with Gasteiger partial charge < -0.3 is 10.6 Å². The number of carbonyl (C=O) groups excluding carboxylic acids is 2. The molecule has 1 aliphatic carbocycles. The minimum Gasteiger partial charge on any atom is -0.337 e. The van der Waals surface area contributed by atoms with E-state index in [2.05, 4.69) is 16.0 Å². The zero-order chi connectivity index (χ0) is 15.4. The van der Waals surface area contributed by atoms with E-state index in [0.29, 0.717) is 24.1 Å². The van der Waals surface area contributed by atoms with Gasteiger partial charge in [-0.2, -0.15) is 0 Å². The van der Waals surface area contributed by atoms with E-state index >= 15 is 0 Å². The third-order valence-electron chi connectivity index (χ3n) is 4.55. The van der Waals surface area contributed by atoms with Gasteiger partial charge in [0, 0.05) is 17.8 Å². The molecule has 5 heteroatoms. The summed E-state index contributed by atoms with van der Waals surface area (Å²) in [5.74, 6) is 0.442. The summed E-state index contributed by atoms with van der Waals surface area (Å²) in [6.45, 7) is 0. The predicted molar refractivity (Wildman–Crippen MR) is 86.0 cm³/mol. The Balaban J connectivity index is 1.61. The van der Waals surface area contributed by atoms with Gasteiger partial charge in [-0.3, -0.25) is 14.9 Å². The molecule has 2 aliphatic heterocycles. The largest absolute Gasteiger partial charge is 0.337 e. The Labute approximate surface area is 130 Å². The van der Waals surface area contributed by atoms with E-state index in [1.54, 1.807) is 12.1 Å². The van der Waals surface area contributed by atoms with Crippen molar-refractivity contribution in [2.75, 3.05) is 5.32 Å². The molecule has 2 amide bonds. The average Bonchev–Trinajstić information content (AvgIpc) is 2.55. The molecule has 5 nitrogen and oxygen atoms in total. The summed E-state index contributed by atoms with van der Waals surface area (Å²) in [5, 5.41) is 9.16. The lowest BCUT2D eigenvalue weighted by Crippen LogP contribution is -2.59. The van der Waals surface area contributed by atoms with Crippen LogP contribution in [0.5, 0.6) is 0 Å². The summed E-state index contributed by atoms with van der Waals surface area (Å²) in [6.07, 6.45) is 8.80. The van der Waals surface area contributed by atoms with Crippen molar-refractivity contribution in [3.05, 3.63) is 35.9 Å². The molecule has 1 unspecified atom stereocenters. The molecule has 2 bridgehead atoms. The van der Waals surface area contributed by atoms with Crippen LogP contribution in [0.2, 0.25) is 0 Å². The van der Waals surface area contributed by atoms with Crippen molar-refractivity contribution in [3.63, 3.8) is 0 Å². The molecule has 1 atom stereocenters. The highest BCUT2D eigenvalue weighted by atomic mass is 16.1. The molecule has 1 aromatic carbocycles. The lowest BCUT2D eigenvalue weighted by molar-refractivity contribution is -0.118. The summed E-state index contributed by atoms with van der Waals surface area (Å²) in [4.78, 5) is 22.7. The molecule has 116 valence electrons. The first-order valence-electron chi connectivity index (χ1n) is 7.80. The van der Waals surface area contributed by atoms with Gasteiger partial charge >= 0.3 is 0 Å². The number of hydrogen-bond acceptors (Lipinski definition) is 3. The van der Waals surface area contributed by atoms with Crippen LogP contribution < -0.4 is 16.0 Å². The molecule has 4 rings (SSSR count). The highest BCUT2D eigenvalue weighted by Gasteiger charge is 2.35. The number of anilines is 1. The van der Waals surface area contributed by atoms with Crippen molar-refractivity contribution in [2.24, 2.45) is 5.92 Å². The second kappa shape index (κ2) is 6.75. The number of rotatable bonds is 5. The van der Waals surface area contributed by atoms with Crippen molar-refractivity contribution in [3.8, 4) is 0 Å². The zero-order valence-corrected chi connectivity index (χ0v) is 12.4. The summed E-state index contributed by atoms with van der Waals surface area (Å²) < 4.78 is 0. The van der Waals surface area contributed by atoms with E-state index in [4.69, 9.17) is 0 Å². The van der Waals surface area contributed by atoms with Gasteiger partial charge in [0.1, 0.15) is 0 Å². The quantitative estimate of drug-likeness (QED) is 0.574. The Hall–Kier alpha value is -2.14. The van der Waals surface area contributed by atoms with Crippen LogP contribution >= 0.6 is 0 Å². The van der Waals surface area contributed by atoms with E-state index in [9.17, 15) is 9.59 Å². The van der Waals surface area contributed by atoms with Crippen LogP contribution in [0.4, 0.5) is 5.69 Å². The first kappa shape index (κ1) is 14.8. The minimum atomic E-state index is -0.106. The molecular weight excluding hydrogens is 278 g/mol. The SMILES string of the molecule is O=CNc1ccccc1/C=C/C(=O)NC1NC2CCC1CC2. The molecular formula is C17H21N3O2. The van der Waals surface area contributed by atoms with Gasteiger partial charge in [0.25, 0.3) is 0 Å². The van der Waals surface area contributed by atoms with Gasteiger partial charge in [-0.15, -0.1) is 0 Å². The third-order valence-corrected chi connectivity index (χ3v) is 4.55. The highest BCUT2D eigenvalue weighted by Crippen LogP contribution is 2.31. The molecule has 1 aromatic rings. The molecule has 1 saturated carbocycles. The van der Waals surface area contributed by atoms with Crippen LogP contribution in [0.25, 0.3) is 6.08 Å². The fraction of sp³-hybridized carbons (Fsp3) is 0.412. The van der Waals surface area contributed by atoms with Crippen molar-refractivity contribution >= 4 is 24.1 Å². The van der Waals surface area contributed by atoms with E-state index in [0.717, 1.165) is 5.56 Å². The van der Waals surface area contributed by atoms with E-state index in [-0.39, 0.29) is 12.1 Å². The second-order valence-corrected chi connectivity index (χ2v) is 5.95. The predicted octanol–water partition coefficient (Wildman–Crippen LogP) is 1.87. The number of para-hydroxylation sites is 1. The monoisotopic (exact) mass is 299 g/mol. The number of piperidine rings is 2. The molecule has 3 N–H and O–H groups in total. The summed E-state index contributed by atoms with van der Waals surface area (Å²) in [5.41, 5.74) is 1.50. The molecule has 3 aliphatic rings. The summed E-state index contributed by atoms with van der Waals surface area (Å²) >= 11 is 0. The van der Waals surface area contributed by atoms with Crippen LogP contribution in [-0.2, 0) is 9.59 Å². The standard InChI is InChI=1S/C17H21N3O2/c21-11-18-15-4-2-1-3-12(15)7-10-16(22)20-17-13-5-8-14(19-17)9-6-13/h1-4,7,10-11,13-14,17,19H,5-6,8-9H2,(H,18,21)(H,20,22)/b10-7+. The van der Waals surface area contributed by atoms with Crippen LogP contribution in [0.15, 0.2) is 30.3 Å². The number of hydrogen-bond donors (Lipinski definition) is 3. The highest BCUT2D eigenvalue weighted by molar-refractivity contribution is 5.93. The maximum Gasteiger partial charge on any atom is 0.245 e. The first-order chi connectivity index (χ1) is 10.8. The van der Waals surface area contributed by atoms with E-state index < -0.39 is 0 Å². The first-order valence-corrected chi connectivity index (χ1v) is 7.80. The van der Waals surface area contributed by atoms with Gasteiger partial charge in [0.2, 0.25) is 12.3 Å². The van der Waals surface area contributed by atoms with Crippen LogP contribution in [0, 0.1) is 5.92 Å². The van der Waals surface area contributed by atoms with Gasteiger partial charge in [-0.1, -0.05) is 18.2 Å². The Morgan fingerprint density at radius 1 is 1.18 bits per heavy atom. The maximum atomic E-state index is 12.1. The van der Waals surface area contributed by atoms with Gasteiger partial charge in [-0.05, 0) is 49.3 Å². The van der Waals surface area contributed by atoms with Crippen molar-refractivity contribution in [2.45, 2.75) is 37.9 Å². The molecule has 3 fully saturated rings. The average molecular weight is 299 g/mol. The lowest BCUT2D eigenvalue weighted by atomic mass is 9.79. The fourth-order valence-electron chi connectivity index (χ4n) is 3.37. The van der Waals surface area contributed by atoms with Crippen LogP contribution in [-0.4, -0.2) is 24.5 Å². The summed E-state index contributed by atoms with van der Waals surface area (Å²) in [7, 11) is 0. The number of fused-ring (bicyclic) bond motifs is 3. The zero-order valence-electron chi connectivity index (χ0n) is 12.4. The Bertz CT molecular complexity index is 577.